The summed E-state index contributed by atoms with van der Waals surface area (Å²) in [5.74, 6) is 0. The van der Waals surface area contributed by atoms with Crippen LogP contribution in [-0.2, 0) is 9.47 Å². The molecule has 0 radical (unpaired) electrons. The molecule has 0 saturated carbocycles. The molecule has 0 amide bonds. The van der Waals surface area contributed by atoms with Gasteiger partial charge in [0, 0.05) is 12.8 Å². The van der Waals surface area contributed by atoms with Crippen molar-refractivity contribution in [3.8, 4) is 0 Å². The standard InChI is InChI=1S/C8H14O4/c9-7(1-5-3-11-5)8(10)2-6-4-12-6/h5-10H,1-4H2. The normalized spacial score (nSPS) is 37.5. The van der Waals surface area contributed by atoms with Crippen molar-refractivity contribution in [1.29, 1.82) is 0 Å². The van der Waals surface area contributed by atoms with Crippen LogP contribution in [0.25, 0.3) is 0 Å². The van der Waals surface area contributed by atoms with E-state index < -0.39 is 12.2 Å². The van der Waals surface area contributed by atoms with Crippen LogP contribution in [0.3, 0.4) is 0 Å². The smallest absolute Gasteiger partial charge is 0.0835 e. The van der Waals surface area contributed by atoms with Gasteiger partial charge in [-0.15, -0.1) is 0 Å². The Labute approximate surface area is 71.1 Å². The molecule has 70 valence electrons. The fourth-order valence-electron chi connectivity index (χ4n) is 1.26. The number of ether oxygens (including phenoxy) is 2. The Kier molecular flexibility index (Phi) is 2.32. The number of hydrogen-bond donors (Lipinski definition) is 2. The van der Waals surface area contributed by atoms with Gasteiger partial charge in [0.25, 0.3) is 0 Å². The summed E-state index contributed by atoms with van der Waals surface area (Å²) in [6, 6.07) is 0. The van der Waals surface area contributed by atoms with Crippen molar-refractivity contribution < 1.29 is 19.7 Å². The first-order valence-corrected chi connectivity index (χ1v) is 4.35. The molecule has 0 aromatic carbocycles. The first kappa shape index (κ1) is 8.44. The highest BCUT2D eigenvalue weighted by atomic mass is 16.6. The van der Waals surface area contributed by atoms with E-state index in [2.05, 4.69) is 0 Å². The van der Waals surface area contributed by atoms with E-state index in [1.54, 1.807) is 0 Å². The molecule has 4 heteroatoms. The molecule has 12 heavy (non-hydrogen) atoms. The van der Waals surface area contributed by atoms with Crippen LogP contribution in [0.2, 0.25) is 0 Å². The molecule has 2 aliphatic rings. The lowest BCUT2D eigenvalue weighted by Crippen LogP contribution is -2.28. The Balaban J connectivity index is 1.65. The summed E-state index contributed by atoms with van der Waals surface area (Å²) in [6.45, 7) is 1.45. The van der Waals surface area contributed by atoms with Crippen LogP contribution < -0.4 is 0 Å². The molecule has 0 bridgehead atoms. The maximum atomic E-state index is 9.42. The van der Waals surface area contributed by atoms with E-state index in [4.69, 9.17) is 9.47 Å². The highest BCUT2D eigenvalue weighted by molar-refractivity contribution is 4.82. The summed E-state index contributed by atoms with van der Waals surface area (Å²) in [4.78, 5) is 0. The van der Waals surface area contributed by atoms with Gasteiger partial charge in [0.15, 0.2) is 0 Å². The number of rotatable bonds is 5. The molecule has 2 fully saturated rings. The van der Waals surface area contributed by atoms with E-state index in [1.807, 2.05) is 0 Å². The molecular weight excluding hydrogens is 160 g/mol. The minimum Gasteiger partial charge on any atom is -0.390 e. The van der Waals surface area contributed by atoms with E-state index >= 15 is 0 Å². The molecule has 2 N–H and O–H groups in total. The fourth-order valence-corrected chi connectivity index (χ4v) is 1.26. The molecule has 0 aliphatic carbocycles. The van der Waals surface area contributed by atoms with Crippen LogP contribution in [0.1, 0.15) is 12.8 Å². The minimum absolute atomic E-state index is 0.176. The van der Waals surface area contributed by atoms with Crippen LogP contribution in [0.4, 0.5) is 0 Å². The highest BCUT2D eigenvalue weighted by Gasteiger charge is 2.33. The highest BCUT2D eigenvalue weighted by Crippen LogP contribution is 2.22. The first-order valence-electron chi connectivity index (χ1n) is 4.35. The zero-order valence-corrected chi connectivity index (χ0v) is 6.85. The monoisotopic (exact) mass is 174 g/mol. The van der Waals surface area contributed by atoms with Gasteiger partial charge in [-0.1, -0.05) is 0 Å². The van der Waals surface area contributed by atoms with Crippen LogP contribution in [-0.4, -0.2) is 47.8 Å². The minimum atomic E-state index is -0.651. The molecule has 2 heterocycles. The second kappa shape index (κ2) is 3.30. The van der Waals surface area contributed by atoms with Crippen molar-refractivity contribution in [3.05, 3.63) is 0 Å². The fraction of sp³-hybridized carbons (Fsp3) is 1.00. The van der Waals surface area contributed by atoms with Crippen molar-refractivity contribution in [2.45, 2.75) is 37.3 Å². The summed E-state index contributed by atoms with van der Waals surface area (Å²) in [5.41, 5.74) is 0. The maximum Gasteiger partial charge on any atom is 0.0835 e. The number of aliphatic hydroxyl groups excluding tert-OH is 2. The van der Waals surface area contributed by atoms with Gasteiger partial charge in [0.2, 0.25) is 0 Å². The largest absolute Gasteiger partial charge is 0.390 e. The Morgan fingerprint density at radius 3 is 1.58 bits per heavy atom. The molecule has 0 spiro atoms. The Morgan fingerprint density at radius 1 is 1.00 bits per heavy atom. The van der Waals surface area contributed by atoms with Crippen molar-refractivity contribution in [1.82, 2.24) is 0 Å². The van der Waals surface area contributed by atoms with Gasteiger partial charge in [-0.25, -0.2) is 0 Å². The molecule has 4 atom stereocenters. The van der Waals surface area contributed by atoms with Gasteiger partial charge in [-0.3, -0.25) is 0 Å². The lowest BCUT2D eigenvalue weighted by molar-refractivity contribution is 0.00212. The summed E-state index contributed by atoms with van der Waals surface area (Å²) >= 11 is 0. The van der Waals surface area contributed by atoms with Gasteiger partial charge >= 0.3 is 0 Å². The molecule has 2 saturated heterocycles. The molecule has 2 aliphatic heterocycles. The molecule has 2 rings (SSSR count). The van der Waals surface area contributed by atoms with Crippen LogP contribution >= 0.6 is 0 Å². The van der Waals surface area contributed by atoms with Crippen molar-refractivity contribution in [3.63, 3.8) is 0 Å². The quantitative estimate of drug-likeness (QED) is 0.540. The van der Waals surface area contributed by atoms with Gasteiger partial charge in [0.1, 0.15) is 0 Å². The third-order valence-corrected chi connectivity index (χ3v) is 2.26. The lowest BCUT2D eigenvalue weighted by Gasteiger charge is -2.15. The summed E-state index contributed by atoms with van der Waals surface area (Å²) in [7, 11) is 0. The predicted octanol–water partition coefficient (Wildman–Crippen LogP) is -0.714. The average Bonchev–Trinajstić information content (AvgIpc) is 2.79. The predicted molar refractivity (Wildman–Crippen MR) is 40.7 cm³/mol. The van der Waals surface area contributed by atoms with Crippen LogP contribution in [0, 0.1) is 0 Å². The van der Waals surface area contributed by atoms with Gasteiger partial charge in [-0.2, -0.15) is 0 Å². The average molecular weight is 174 g/mol. The van der Waals surface area contributed by atoms with E-state index in [0.29, 0.717) is 12.8 Å². The number of aliphatic hydroxyl groups is 2. The number of hydrogen-bond acceptors (Lipinski definition) is 4. The molecule has 4 nitrogen and oxygen atoms in total. The molecular formula is C8H14O4. The SMILES string of the molecule is OC(CC1CO1)C(O)CC1CO1. The Morgan fingerprint density at radius 2 is 1.33 bits per heavy atom. The van der Waals surface area contributed by atoms with Crippen molar-refractivity contribution >= 4 is 0 Å². The lowest BCUT2D eigenvalue weighted by atomic mass is 10.0. The van der Waals surface area contributed by atoms with Crippen molar-refractivity contribution in [2.24, 2.45) is 0 Å². The van der Waals surface area contributed by atoms with Gasteiger partial charge in [-0.05, 0) is 0 Å². The first-order chi connectivity index (χ1) is 5.75. The topological polar surface area (TPSA) is 65.5 Å². The van der Waals surface area contributed by atoms with Gasteiger partial charge in [0.05, 0.1) is 37.6 Å². The number of epoxide rings is 2. The van der Waals surface area contributed by atoms with E-state index in [0.717, 1.165) is 13.2 Å². The van der Waals surface area contributed by atoms with Crippen LogP contribution in [0.15, 0.2) is 0 Å². The summed E-state index contributed by atoms with van der Waals surface area (Å²) in [5, 5.41) is 18.8. The Bertz CT molecular complexity index is 135. The molecule has 0 aromatic heterocycles. The summed E-state index contributed by atoms with van der Waals surface area (Å²) < 4.78 is 9.90. The summed E-state index contributed by atoms with van der Waals surface area (Å²) in [6.07, 6.45) is 0.148. The molecule has 0 aromatic rings. The second-order valence-electron chi connectivity index (χ2n) is 3.52. The van der Waals surface area contributed by atoms with Crippen molar-refractivity contribution in [2.75, 3.05) is 13.2 Å². The second-order valence-corrected chi connectivity index (χ2v) is 3.52. The third-order valence-electron chi connectivity index (χ3n) is 2.26. The van der Waals surface area contributed by atoms with E-state index in [9.17, 15) is 10.2 Å². The van der Waals surface area contributed by atoms with E-state index in [1.165, 1.54) is 0 Å². The van der Waals surface area contributed by atoms with Crippen LogP contribution in [0.5, 0.6) is 0 Å². The maximum absolute atomic E-state index is 9.42. The molecule has 4 unspecified atom stereocenters. The zero-order chi connectivity index (χ0) is 8.55. The zero-order valence-electron chi connectivity index (χ0n) is 6.85. The van der Waals surface area contributed by atoms with Gasteiger partial charge < -0.3 is 19.7 Å². The third kappa shape index (κ3) is 2.42. The Hall–Kier alpha value is -0.160. The van der Waals surface area contributed by atoms with E-state index in [-0.39, 0.29) is 12.2 Å².